The van der Waals surface area contributed by atoms with Crippen LogP contribution < -0.4 is 14.2 Å². The number of ketones is 1. The van der Waals surface area contributed by atoms with Crippen LogP contribution in [0.4, 0.5) is 0 Å². The summed E-state index contributed by atoms with van der Waals surface area (Å²) in [5, 5.41) is 11.3. The van der Waals surface area contributed by atoms with E-state index in [9.17, 15) is 14.7 Å². The summed E-state index contributed by atoms with van der Waals surface area (Å²) in [4.78, 5) is 29.8. The van der Waals surface area contributed by atoms with Gasteiger partial charge in [-0.1, -0.05) is 25.1 Å². The van der Waals surface area contributed by atoms with Crippen molar-refractivity contribution < 1.29 is 28.9 Å². The van der Waals surface area contributed by atoms with Gasteiger partial charge in [0.1, 0.15) is 11.5 Å². The van der Waals surface area contributed by atoms with Crippen molar-refractivity contribution in [2.45, 2.75) is 26.3 Å². The number of Topliss-reactive ketones (excluding diaryl/α,β-unsaturated/α-hetero) is 1. The zero-order chi connectivity index (χ0) is 25.5. The Labute approximate surface area is 206 Å². The number of hydrogen-bond donors (Lipinski definition) is 1. The average Bonchev–Trinajstić information content (AvgIpc) is 3.11. The molecule has 0 aliphatic carbocycles. The molecule has 0 radical (unpaired) electrons. The highest BCUT2D eigenvalue weighted by Crippen LogP contribution is 2.42. The van der Waals surface area contributed by atoms with Crippen LogP contribution in [0.5, 0.6) is 17.2 Å². The van der Waals surface area contributed by atoms with Crippen LogP contribution in [0, 0.1) is 0 Å². The number of hydrogen-bond acceptors (Lipinski definition) is 7. The number of aliphatic hydroxyl groups is 1. The molecule has 0 saturated carbocycles. The summed E-state index contributed by atoms with van der Waals surface area (Å²) in [5.41, 5.74) is 1.09. The SMILES string of the molecule is CCCOc1cccc(/C(O)=C2\C(=O)C(=O)N(CCN(C)C)C2c2ccc(OCC)c(OC)c2)c1. The van der Waals surface area contributed by atoms with Gasteiger partial charge in [-0.2, -0.15) is 0 Å². The molecule has 3 rings (SSSR count). The van der Waals surface area contributed by atoms with E-state index in [0.29, 0.717) is 54.7 Å². The van der Waals surface area contributed by atoms with E-state index in [-0.39, 0.29) is 11.3 Å². The van der Waals surface area contributed by atoms with Crippen molar-refractivity contribution in [1.82, 2.24) is 9.80 Å². The number of likely N-dealkylation sites (tertiary alicyclic amines) is 1. The van der Waals surface area contributed by atoms with Crippen LogP contribution >= 0.6 is 0 Å². The predicted octanol–water partition coefficient (Wildman–Crippen LogP) is 3.87. The van der Waals surface area contributed by atoms with Crippen LogP contribution in [0.3, 0.4) is 0 Å². The lowest BCUT2D eigenvalue weighted by Crippen LogP contribution is -2.35. The molecule has 1 atom stereocenters. The van der Waals surface area contributed by atoms with E-state index >= 15 is 0 Å². The number of aliphatic hydroxyl groups excluding tert-OH is 1. The van der Waals surface area contributed by atoms with Gasteiger partial charge in [0, 0.05) is 18.7 Å². The number of carbonyl (C=O) groups is 2. The molecule has 1 unspecified atom stereocenters. The highest BCUT2D eigenvalue weighted by molar-refractivity contribution is 6.46. The average molecular weight is 483 g/mol. The maximum absolute atomic E-state index is 13.2. The third-order valence-electron chi connectivity index (χ3n) is 5.71. The first-order valence-corrected chi connectivity index (χ1v) is 11.8. The summed E-state index contributed by atoms with van der Waals surface area (Å²) in [6, 6.07) is 11.4. The van der Waals surface area contributed by atoms with Gasteiger partial charge in [0.15, 0.2) is 11.5 Å². The molecule has 1 aliphatic heterocycles. The second-order valence-corrected chi connectivity index (χ2v) is 8.52. The Hall–Kier alpha value is -3.52. The van der Waals surface area contributed by atoms with Gasteiger partial charge in [-0.15, -0.1) is 0 Å². The fourth-order valence-electron chi connectivity index (χ4n) is 4.00. The first-order chi connectivity index (χ1) is 16.8. The zero-order valence-corrected chi connectivity index (χ0v) is 21.0. The molecule has 1 amide bonds. The van der Waals surface area contributed by atoms with Gasteiger partial charge in [-0.25, -0.2) is 0 Å². The number of benzene rings is 2. The van der Waals surface area contributed by atoms with Gasteiger partial charge in [-0.3, -0.25) is 9.59 Å². The molecular weight excluding hydrogens is 448 g/mol. The third-order valence-corrected chi connectivity index (χ3v) is 5.71. The van der Waals surface area contributed by atoms with Crippen LogP contribution in [-0.2, 0) is 9.59 Å². The van der Waals surface area contributed by atoms with Crippen molar-refractivity contribution in [3.63, 3.8) is 0 Å². The van der Waals surface area contributed by atoms with Crippen LogP contribution in [0.25, 0.3) is 5.76 Å². The second-order valence-electron chi connectivity index (χ2n) is 8.52. The Morgan fingerprint density at radius 3 is 2.49 bits per heavy atom. The number of likely N-dealkylation sites (N-methyl/N-ethyl adjacent to an activating group) is 1. The summed E-state index contributed by atoms with van der Waals surface area (Å²) < 4.78 is 16.8. The minimum atomic E-state index is -0.778. The Balaban J connectivity index is 2.14. The van der Waals surface area contributed by atoms with Crippen molar-refractivity contribution in [3.8, 4) is 17.2 Å². The highest BCUT2D eigenvalue weighted by Gasteiger charge is 2.46. The van der Waals surface area contributed by atoms with E-state index < -0.39 is 17.7 Å². The van der Waals surface area contributed by atoms with Gasteiger partial charge < -0.3 is 29.1 Å². The lowest BCUT2D eigenvalue weighted by Gasteiger charge is -2.27. The molecular formula is C27H34N2O6. The molecule has 0 spiro atoms. The van der Waals surface area contributed by atoms with Gasteiger partial charge in [0.05, 0.1) is 31.9 Å². The number of methoxy groups -OCH3 is 1. The van der Waals surface area contributed by atoms with E-state index in [2.05, 4.69) is 0 Å². The number of amides is 1. The molecule has 1 saturated heterocycles. The highest BCUT2D eigenvalue weighted by atomic mass is 16.5. The second kappa shape index (κ2) is 11.8. The monoisotopic (exact) mass is 482 g/mol. The summed E-state index contributed by atoms with van der Waals surface area (Å²) >= 11 is 0. The maximum atomic E-state index is 13.2. The van der Waals surface area contributed by atoms with Crippen LogP contribution in [-0.4, -0.2) is 74.1 Å². The lowest BCUT2D eigenvalue weighted by atomic mass is 9.95. The molecule has 0 aromatic heterocycles. The molecule has 2 aromatic rings. The van der Waals surface area contributed by atoms with Crippen molar-refractivity contribution in [2.75, 3.05) is 47.5 Å². The van der Waals surface area contributed by atoms with Crippen molar-refractivity contribution in [1.29, 1.82) is 0 Å². The van der Waals surface area contributed by atoms with Crippen LogP contribution in [0.2, 0.25) is 0 Å². The maximum Gasteiger partial charge on any atom is 0.295 e. The predicted molar refractivity (Wildman–Crippen MR) is 134 cm³/mol. The minimum absolute atomic E-state index is 0.0348. The van der Waals surface area contributed by atoms with E-state index in [1.807, 2.05) is 32.8 Å². The number of ether oxygens (including phenoxy) is 3. The molecule has 8 heteroatoms. The molecule has 1 fully saturated rings. The smallest absolute Gasteiger partial charge is 0.295 e. The third kappa shape index (κ3) is 5.77. The normalized spacial score (nSPS) is 17.2. The molecule has 8 nitrogen and oxygen atoms in total. The fraction of sp³-hybridized carbons (Fsp3) is 0.407. The molecule has 2 aromatic carbocycles. The standard InChI is InChI=1S/C27H34N2O6/c1-6-15-35-20-10-8-9-19(16-20)25(30)23-24(29(14-13-28(3)4)27(32)26(23)31)18-11-12-21(34-7-2)22(17-18)33-5/h8-12,16-17,24,30H,6-7,13-15H2,1-5H3/b25-23+. The summed E-state index contributed by atoms with van der Waals surface area (Å²) in [6.07, 6.45) is 0.840. The molecule has 0 bridgehead atoms. The fourth-order valence-corrected chi connectivity index (χ4v) is 4.00. The Bertz CT molecular complexity index is 1090. The van der Waals surface area contributed by atoms with Gasteiger partial charge >= 0.3 is 0 Å². The van der Waals surface area contributed by atoms with Gasteiger partial charge in [-0.05, 0) is 57.3 Å². The summed E-state index contributed by atoms with van der Waals surface area (Å²) in [7, 11) is 5.33. The lowest BCUT2D eigenvalue weighted by molar-refractivity contribution is -0.140. The van der Waals surface area contributed by atoms with E-state index in [1.165, 1.54) is 12.0 Å². The summed E-state index contributed by atoms with van der Waals surface area (Å²) in [5.74, 6) is 0.0124. The van der Waals surface area contributed by atoms with Gasteiger partial charge in [0.25, 0.3) is 11.7 Å². The van der Waals surface area contributed by atoms with Crippen LogP contribution in [0.1, 0.15) is 37.4 Å². The first-order valence-electron chi connectivity index (χ1n) is 11.8. The van der Waals surface area contributed by atoms with Crippen molar-refractivity contribution in [3.05, 3.63) is 59.2 Å². The zero-order valence-electron chi connectivity index (χ0n) is 21.0. The molecule has 1 aliphatic rings. The first kappa shape index (κ1) is 26.1. The Morgan fingerprint density at radius 1 is 1.06 bits per heavy atom. The molecule has 188 valence electrons. The van der Waals surface area contributed by atoms with Crippen molar-refractivity contribution in [2.24, 2.45) is 0 Å². The Morgan fingerprint density at radius 2 is 1.83 bits per heavy atom. The Kier molecular flexibility index (Phi) is 8.76. The number of rotatable bonds is 11. The quantitative estimate of drug-likeness (QED) is 0.296. The van der Waals surface area contributed by atoms with E-state index in [1.54, 1.807) is 42.5 Å². The van der Waals surface area contributed by atoms with Gasteiger partial charge in [0.2, 0.25) is 0 Å². The topological polar surface area (TPSA) is 88.5 Å². The minimum Gasteiger partial charge on any atom is -0.507 e. The summed E-state index contributed by atoms with van der Waals surface area (Å²) in [6.45, 7) is 5.75. The molecule has 1 N–H and O–H groups in total. The number of carbonyl (C=O) groups excluding carboxylic acids is 2. The van der Waals surface area contributed by atoms with E-state index in [0.717, 1.165) is 6.42 Å². The number of nitrogens with zero attached hydrogens (tertiary/aromatic N) is 2. The molecule has 1 heterocycles. The van der Waals surface area contributed by atoms with E-state index in [4.69, 9.17) is 14.2 Å². The van der Waals surface area contributed by atoms with Crippen LogP contribution in [0.15, 0.2) is 48.0 Å². The van der Waals surface area contributed by atoms with Crippen molar-refractivity contribution >= 4 is 17.4 Å². The molecule has 35 heavy (non-hydrogen) atoms. The largest absolute Gasteiger partial charge is 0.507 e.